The fraction of sp³-hybridized carbons (Fsp3) is 0.400. The Morgan fingerprint density at radius 2 is 2.06 bits per heavy atom. The average molecular weight is 225 g/mol. The molecule has 0 radical (unpaired) electrons. The molecule has 0 aromatic heterocycles. The lowest BCUT2D eigenvalue weighted by atomic mass is 10.2. The molecule has 0 aliphatic rings. The van der Waals surface area contributed by atoms with Gasteiger partial charge in [-0.2, -0.15) is 0 Å². The van der Waals surface area contributed by atoms with Crippen molar-refractivity contribution in [2.45, 2.75) is 0 Å². The van der Waals surface area contributed by atoms with Crippen molar-refractivity contribution in [2.24, 2.45) is 0 Å². The number of rotatable bonds is 6. The molecule has 0 heterocycles. The van der Waals surface area contributed by atoms with Gasteiger partial charge in [-0.25, -0.2) is 0 Å². The summed E-state index contributed by atoms with van der Waals surface area (Å²) in [6.45, 7) is 1.17. The molecule has 1 aromatic rings. The second-order valence-electron chi connectivity index (χ2n) is 3.20. The van der Waals surface area contributed by atoms with Crippen LogP contribution < -0.4 is 10.6 Å². The zero-order chi connectivity index (χ0) is 12.0. The van der Waals surface area contributed by atoms with E-state index >= 15 is 0 Å². The number of nitro benzene ring substituents is 1. The molecule has 0 aliphatic heterocycles. The predicted octanol–water partition coefficient (Wildman–Crippen LogP) is 1.69. The van der Waals surface area contributed by atoms with Crippen molar-refractivity contribution in [1.82, 2.24) is 0 Å². The zero-order valence-electron chi connectivity index (χ0n) is 9.32. The summed E-state index contributed by atoms with van der Waals surface area (Å²) in [6, 6.07) is 4.79. The SMILES string of the molecule is CNc1cc(NCCOC)cc([N+](=O)[O-])c1. The van der Waals surface area contributed by atoms with E-state index in [1.165, 1.54) is 12.1 Å². The van der Waals surface area contributed by atoms with Crippen LogP contribution in [0.25, 0.3) is 0 Å². The standard InChI is InChI=1S/C10H15N3O3/c1-11-8-5-9(12-3-4-16-2)7-10(6-8)13(14)15/h5-7,11-12H,3-4H2,1-2H3. The molecule has 1 rings (SSSR count). The Bertz CT molecular complexity index is 368. The summed E-state index contributed by atoms with van der Waals surface area (Å²) in [7, 11) is 3.33. The third-order valence-corrected chi connectivity index (χ3v) is 2.05. The molecule has 88 valence electrons. The molecule has 0 amide bonds. The number of non-ortho nitro benzene ring substituents is 1. The molecule has 0 bridgehead atoms. The third-order valence-electron chi connectivity index (χ3n) is 2.05. The summed E-state index contributed by atoms with van der Waals surface area (Å²) >= 11 is 0. The molecule has 0 fully saturated rings. The van der Waals surface area contributed by atoms with Crippen LogP contribution >= 0.6 is 0 Å². The maximum Gasteiger partial charge on any atom is 0.273 e. The molecular weight excluding hydrogens is 210 g/mol. The third kappa shape index (κ3) is 3.39. The van der Waals surface area contributed by atoms with Crippen LogP contribution in [-0.4, -0.2) is 32.2 Å². The van der Waals surface area contributed by atoms with E-state index < -0.39 is 4.92 Å². The summed E-state index contributed by atoms with van der Waals surface area (Å²) in [5.74, 6) is 0. The topological polar surface area (TPSA) is 76.4 Å². The summed E-state index contributed by atoms with van der Waals surface area (Å²) < 4.78 is 4.89. The number of nitrogens with zero attached hydrogens (tertiary/aromatic N) is 1. The van der Waals surface area contributed by atoms with Gasteiger partial charge in [0.2, 0.25) is 0 Å². The van der Waals surface area contributed by atoms with Crippen LogP contribution in [0.1, 0.15) is 0 Å². The van der Waals surface area contributed by atoms with Crippen molar-refractivity contribution in [3.63, 3.8) is 0 Å². The molecule has 0 saturated heterocycles. The van der Waals surface area contributed by atoms with E-state index in [0.29, 0.717) is 24.5 Å². The highest BCUT2D eigenvalue weighted by atomic mass is 16.6. The van der Waals surface area contributed by atoms with Crippen LogP contribution in [-0.2, 0) is 4.74 Å². The van der Waals surface area contributed by atoms with Crippen molar-refractivity contribution in [3.05, 3.63) is 28.3 Å². The Kier molecular flexibility index (Phi) is 4.53. The molecule has 2 N–H and O–H groups in total. The molecule has 6 heteroatoms. The number of hydrogen-bond donors (Lipinski definition) is 2. The number of nitro groups is 1. The van der Waals surface area contributed by atoms with Crippen molar-refractivity contribution in [3.8, 4) is 0 Å². The Hall–Kier alpha value is -1.82. The van der Waals surface area contributed by atoms with Crippen molar-refractivity contribution in [2.75, 3.05) is 37.9 Å². The minimum absolute atomic E-state index is 0.0618. The lowest BCUT2D eigenvalue weighted by molar-refractivity contribution is -0.384. The molecule has 0 saturated carbocycles. The first kappa shape index (κ1) is 12.3. The number of methoxy groups -OCH3 is 1. The van der Waals surface area contributed by atoms with Crippen LogP contribution in [0, 0.1) is 10.1 Å². The minimum Gasteiger partial charge on any atom is -0.388 e. The van der Waals surface area contributed by atoms with Crippen LogP contribution in [0.15, 0.2) is 18.2 Å². The van der Waals surface area contributed by atoms with Gasteiger partial charge in [-0.15, -0.1) is 0 Å². The van der Waals surface area contributed by atoms with Gasteiger partial charge in [0.05, 0.1) is 11.5 Å². The summed E-state index contributed by atoms with van der Waals surface area (Å²) in [5.41, 5.74) is 1.47. The van der Waals surface area contributed by atoms with Gasteiger partial charge in [0.25, 0.3) is 5.69 Å². The van der Waals surface area contributed by atoms with Gasteiger partial charge in [0.15, 0.2) is 0 Å². The van der Waals surface area contributed by atoms with Crippen LogP contribution in [0.3, 0.4) is 0 Å². The summed E-state index contributed by atoms with van der Waals surface area (Å²) in [6.07, 6.45) is 0. The Morgan fingerprint density at radius 3 is 2.62 bits per heavy atom. The Morgan fingerprint density at radius 1 is 1.38 bits per heavy atom. The average Bonchev–Trinajstić information content (AvgIpc) is 2.29. The second kappa shape index (κ2) is 5.92. The molecule has 1 aromatic carbocycles. The molecule has 16 heavy (non-hydrogen) atoms. The van der Waals surface area contributed by atoms with Gasteiger partial charge in [0.1, 0.15) is 0 Å². The first-order valence-electron chi connectivity index (χ1n) is 4.87. The molecule has 6 nitrogen and oxygen atoms in total. The highest BCUT2D eigenvalue weighted by Crippen LogP contribution is 2.23. The quantitative estimate of drug-likeness (QED) is 0.437. The van der Waals surface area contributed by atoms with E-state index in [0.717, 1.165) is 0 Å². The first-order chi connectivity index (χ1) is 7.67. The molecule has 0 atom stereocenters. The molecule has 0 aliphatic carbocycles. The maximum atomic E-state index is 10.7. The highest BCUT2D eigenvalue weighted by molar-refractivity contribution is 5.63. The summed E-state index contributed by atoms with van der Waals surface area (Å²) in [4.78, 5) is 10.3. The normalized spacial score (nSPS) is 9.88. The van der Waals surface area contributed by atoms with Crippen LogP contribution in [0.5, 0.6) is 0 Å². The van der Waals surface area contributed by atoms with Gasteiger partial charge in [-0.3, -0.25) is 10.1 Å². The van der Waals surface area contributed by atoms with Gasteiger partial charge in [-0.05, 0) is 6.07 Å². The van der Waals surface area contributed by atoms with Crippen LogP contribution in [0.4, 0.5) is 17.1 Å². The Labute approximate surface area is 93.8 Å². The van der Waals surface area contributed by atoms with E-state index in [4.69, 9.17) is 4.74 Å². The lowest BCUT2D eigenvalue weighted by Gasteiger charge is -2.08. The number of benzene rings is 1. The van der Waals surface area contributed by atoms with E-state index in [2.05, 4.69) is 10.6 Å². The van der Waals surface area contributed by atoms with Crippen molar-refractivity contribution >= 4 is 17.1 Å². The van der Waals surface area contributed by atoms with Crippen molar-refractivity contribution < 1.29 is 9.66 Å². The zero-order valence-corrected chi connectivity index (χ0v) is 9.32. The predicted molar refractivity (Wildman–Crippen MR) is 63.0 cm³/mol. The van der Waals surface area contributed by atoms with Gasteiger partial charge in [-0.1, -0.05) is 0 Å². The number of nitrogens with one attached hydrogen (secondary N) is 2. The van der Waals surface area contributed by atoms with Gasteiger partial charge < -0.3 is 15.4 Å². The van der Waals surface area contributed by atoms with E-state index in [1.54, 1.807) is 14.2 Å². The molecular formula is C10H15N3O3. The monoisotopic (exact) mass is 225 g/mol. The van der Waals surface area contributed by atoms with Crippen LogP contribution in [0.2, 0.25) is 0 Å². The lowest BCUT2D eigenvalue weighted by Crippen LogP contribution is -2.08. The second-order valence-corrected chi connectivity index (χ2v) is 3.20. The number of anilines is 2. The molecule has 0 unspecified atom stereocenters. The van der Waals surface area contributed by atoms with Gasteiger partial charge >= 0.3 is 0 Å². The highest BCUT2D eigenvalue weighted by Gasteiger charge is 2.08. The fourth-order valence-electron chi connectivity index (χ4n) is 1.26. The number of ether oxygens (including phenoxy) is 1. The van der Waals surface area contributed by atoms with E-state index in [-0.39, 0.29) is 5.69 Å². The number of hydrogen-bond acceptors (Lipinski definition) is 5. The first-order valence-corrected chi connectivity index (χ1v) is 4.87. The van der Waals surface area contributed by atoms with E-state index in [1.807, 2.05) is 6.07 Å². The maximum absolute atomic E-state index is 10.7. The molecule has 0 spiro atoms. The smallest absolute Gasteiger partial charge is 0.273 e. The van der Waals surface area contributed by atoms with Crippen molar-refractivity contribution in [1.29, 1.82) is 0 Å². The largest absolute Gasteiger partial charge is 0.388 e. The summed E-state index contributed by atoms with van der Waals surface area (Å²) in [5, 5.41) is 16.6. The van der Waals surface area contributed by atoms with E-state index in [9.17, 15) is 10.1 Å². The van der Waals surface area contributed by atoms with Gasteiger partial charge in [0, 0.05) is 44.2 Å². The minimum atomic E-state index is -0.414. The fourth-order valence-corrected chi connectivity index (χ4v) is 1.26. The Balaban J connectivity index is 2.82.